The first-order valence-electron chi connectivity index (χ1n) is 7.09. The average molecular weight is 245 g/mol. The Bertz CT molecular complexity index is 162. The highest BCUT2D eigenvalue weighted by Gasteiger charge is 2.08. The first kappa shape index (κ1) is 16.9. The molecular weight excluding hydrogens is 214 g/mol. The van der Waals surface area contributed by atoms with Crippen molar-refractivity contribution >= 4 is 0 Å². The maximum absolute atomic E-state index is 9.67. The molecule has 0 radical (unpaired) electrons. The lowest BCUT2D eigenvalue weighted by Crippen LogP contribution is -2.35. The van der Waals surface area contributed by atoms with E-state index in [1.165, 1.54) is 25.7 Å². The van der Waals surface area contributed by atoms with Crippen molar-refractivity contribution < 1.29 is 9.84 Å². The highest BCUT2D eigenvalue weighted by atomic mass is 16.5. The molecule has 0 amide bonds. The minimum atomic E-state index is -0.393. The van der Waals surface area contributed by atoms with Crippen LogP contribution in [0.3, 0.4) is 0 Å². The normalized spacial score (nSPS) is 15.2. The molecule has 0 fully saturated rings. The van der Waals surface area contributed by atoms with E-state index in [-0.39, 0.29) is 6.10 Å². The first-order valence-corrected chi connectivity index (χ1v) is 7.09. The van der Waals surface area contributed by atoms with Gasteiger partial charge in [0.25, 0.3) is 0 Å². The molecule has 2 N–H and O–H groups in total. The molecule has 0 aliphatic carbocycles. The van der Waals surface area contributed by atoms with Crippen LogP contribution in [0.5, 0.6) is 0 Å². The van der Waals surface area contributed by atoms with Gasteiger partial charge in [0.05, 0.1) is 18.8 Å². The van der Waals surface area contributed by atoms with Crippen molar-refractivity contribution in [3.63, 3.8) is 0 Å². The molecule has 0 aromatic carbocycles. The van der Waals surface area contributed by atoms with Crippen LogP contribution in [-0.4, -0.2) is 36.5 Å². The number of aliphatic hydroxyl groups is 1. The molecule has 3 heteroatoms. The summed E-state index contributed by atoms with van der Waals surface area (Å²) in [6, 6.07) is 0.413. The Hall–Kier alpha value is -0.120. The zero-order valence-electron chi connectivity index (χ0n) is 12.0. The lowest BCUT2D eigenvalue weighted by atomic mass is 10.1. The number of unbranched alkanes of at least 4 members (excludes halogenated alkanes) is 3. The Morgan fingerprint density at radius 1 is 1.12 bits per heavy atom. The predicted octanol–water partition coefficient (Wildman–Crippen LogP) is 2.72. The number of hydrogen-bond donors (Lipinski definition) is 2. The van der Waals surface area contributed by atoms with Crippen LogP contribution < -0.4 is 5.32 Å². The third kappa shape index (κ3) is 12.1. The van der Waals surface area contributed by atoms with Gasteiger partial charge < -0.3 is 15.2 Å². The van der Waals surface area contributed by atoms with Crippen molar-refractivity contribution in [3.05, 3.63) is 0 Å². The van der Waals surface area contributed by atoms with Gasteiger partial charge in [0.1, 0.15) is 0 Å². The second-order valence-electron chi connectivity index (χ2n) is 5.21. The molecule has 17 heavy (non-hydrogen) atoms. The monoisotopic (exact) mass is 245 g/mol. The quantitative estimate of drug-likeness (QED) is 0.550. The Kier molecular flexibility index (Phi) is 10.9. The SMILES string of the molecule is CCCCCCC(C)OCC(O)CNC(C)C. The fraction of sp³-hybridized carbons (Fsp3) is 1.00. The van der Waals surface area contributed by atoms with Gasteiger partial charge in [0.2, 0.25) is 0 Å². The summed E-state index contributed by atoms with van der Waals surface area (Å²) in [6.07, 6.45) is 6.08. The molecular formula is C14H31NO2. The van der Waals surface area contributed by atoms with Crippen LogP contribution in [0.1, 0.15) is 59.8 Å². The van der Waals surface area contributed by atoms with E-state index < -0.39 is 6.10 Å². The molecule has 0 aliphatic rings. The smallest absolute Gasteiger partial charge is 0.0897 e. The minimum absolute atomic E-state index is 0.264. The molecule has 0 bridgehead atoms. The largest absolute Gasteiger partial charge is 0.389 e. The van der Waals surface area contributed by atoms with Crippen LogP contribution >= 0.6 is 0 Å². The number of aliphatic hydroxyl groups excluding tert-OH is 1. The fourth-order valence-electron chi connectivity index (χ4n) is 1.65. The number of ether oxygens (including phenoxy) is 1. The summed E-state index contributed by atoms with van der Waals surface area (Å²) in [5.41, 5.74) is 0. The molecule has 3 nitrogen and oxygen atoms in total. The van der Waals surface area contributed by atoms with E-state index >= 15 is 0 Å². The molecule has 104 valence electrons. The topological polar surface area (TPSA) is 41.5 Å². The summed E-state index contributed by atoms with van der Waals surface area (Å²) in [5, 5.41) is 12.9. The number of nitrogens with one attached hydrogen (secondary N) is 1. The van der Waals surface area contributed by atoms with Crippen molar-refractivity contribution in [1.82, 2.24) is 5.32 Å². The van der Waals surface area contributed by atoms with Crippen molar-refractivity contribution in [1.29, 1.82) is 0 Å². The van der Waals surface area contributed by atoms with Gasteiger partial charge in [-0.3, -0.25) is 0 Å². The van der Waals surface area contributed by atoms with Crippen LogP contribution in [-0.2, 0) is 4.74 Å². The number of rotatable bonds is 11. The standard InChI is InChI=1S/C14H31NO2/c1-5-6-7-8-9-13(4)17-11-14(16)10-15-12(2)3/h12-16H,5-11H2,1-4H3. The summed E-state index contributed by atoms with van der Waals surface area (Å²) in [6.45, 7) is 9.51. The zero-order valence-corrected chi connectivity index (χ0v) is 12.0. The lowest BCUT2D eigenvalue weighted by Gasteiger charge is -2.17. The summed E-state index contributed by atoms with van der Waals surface area (Å²) in [5.74, 6) is 0. The predicted molar refractivity (Wildman–Crippen MR) is 73.3 cm³/mol. The molecule has 2 atom stereocenters. The second kappa shape index (κ2) is 11.0. The van der Waals surface area contributed by atoms with Crippen LogP contribution in [0.15, 0.2) is 0 Å². The Morgan fingerprint density at radius 3 is 2.41 bits per heavy atom. The summed E-state index contributed by atoms with van der Waals surface area (Å²) >= 11 is 0. The van der Waals surface area contributed by atoms with Gasteiger partial charge in [-0.1, -0.05) is 46.5 Å². The van der Waals surface area contributed by atoms with Gasteiger partial charge in [0, 0.05) is 12.6 Å². The van der Waals surface area contributed by atoms with E-state index in [4.69, 9.17) is 4.74 Å². The van der Waals surface area contributed by atoms with E-state index in [0.29, 0.717) is 19.2 Å². The molecule has 0 spiro atoms. The maximum atomic E-state index is 9.67. The highest BCUT2D eigenvalue weighted by molar-refractivity contribution is 4.62. The molecule has 0 aromatic heterocycles. The highest BCUT2D eigenvalue weighted by Crippen LogP contribution is 2.08. The molecule has 0 aliphatic heterocycles. The molecule has 0 rings (SSSR count). The maximum Gasteiger partial charge on any atom is 0.0897 e. The Balaban J connectivity index is 3.38. The third-order valence-corrected chi connectivity index (χ3v) is 2.80. The third-order valence-electron chi connectivity index (χ3n) is 2.80. The average Bonchev–Trinajstić information content (AvgIpc) is 2.29. The van der Waals surface area contributed by atoms with Crippen molar-refractivity contribution in [2.24, 2.45) is 0 Å². The van der Waals surface area contributed by atoms with Crippen LogP contribution in [0.2, 0.25) is 0 Å². The van der Waals surface area contributed by atoms with Crippen molar-refractivity contribution in [3.8, 4) is 0 Å². The van der Waals surface area contributed by atoms with Gasteiger partial charge in [-0.2, -0.15) is 0 Å². The summed E-state index contributed by atoms with van der Waals surface area (Å²) in [7, 11) is 0. The van der Waals surface area contributed by atoms with Crippen LogP contribution in [0.25, 0.3) is 0 Å². The lowest BCUT2D eigenvalue weighted by molar-refractivity contribution is -0.00546. The second-order valence-corrected chi connectivity index (χ2v) is 5.21. The minimum Gasteiger partial charge on any atom is -0.389 e. The zero-order chi connectivity index (χ0) is 13.1. The van der Waals surface area contributed by atoms with Crippen LogP contribution in [0.4, 0.5) is 0 Å². The van der Waals surface area contributed by atoms with Gasteiger partial charge in [0.15, 0.2) is 0 Å². The first-order chi connectivity index (χ1) is 8.06. The van der Waals surface area contributed by atoms with Crippen molar-refractivity contribution in [2.45, 2.75) is 78.0 Å². The molecule has 0 saturated carbocycles. The Labute approximate surface area is 107 Å². The van der Waals surface area contributed by atoms with E-state index in [1.807, 2.05) is 0 Å². The fourth-order valence-corrected chi connectivity index (χ4v) is 1.65. The van der Waals surface area contributed by atoms with Gasteiger partial charge in [-0.05, 0) is 13.3 Å². The van der Waals surface area contributed by atoms with E-state index in [1.54, 1.807) is 0 Å². The summed E-state index contributed by atoms with van der Waals surface area (Å²) < 4.78 is 5.63. The number of hydrogen-bond acceptors (Lipinski definition) is 3. The summed E-state index contributed by atoms with van der Waals surface area (Å²) in [4.78, 5) is 0. The molecule has 0 aromatic rings. The van der Waals surface area contributed by atoms with Gasteiger partial charge >= 0.3 is 0 Å². The van der Waals surface area contributed by atoms with Crippen molar-refractivity contribution in [2.75, 3.05) is 13.2 Å². The molecule has 0 heterocycles. The molecule has 0 saturated heterocycles. The van der Waals surface area contributed by atoms with Crippen LogP contribution in [0, 0.1) is 0 Å². The van der Waals surface area contributed by atoms with E-state index in [9.17, 15) is 5.11 Å². The van der Waals surface area contributed by atoms with Gasteiger partial charge in [-0.25, -0.2) is 0 Å². The Morgan fingerprint density at radius 2 is 1.82 bits per heavy atom. The molecule has 2 unspecified atom stereocenters. The van der Waals surface area contributed by atoms with Gasteiger partial charge in [-0.15, -0.1) is 0 Å². The van der Waals surface area contributed by atoms with E-state index in [2.05, 4.69) is 33.0 Å². The van der Waals surface area contributed by atoms with E-state index in [0.717, 1.165) is 6.42 Å².